The van der Waals surface area contributed by atoms with Crippen molar-refractivity contribution in [3.63, 3.8) is 0 Å². The molecule has 1 aliphatic heterocycles. The van der Waals surface area contributed by atoms with Gasteiger partial charge in [0.25, 0.3) is 0 Å². The Morgan fingerprint density at radius 1 is 1.32 bits per heavy atom. The number of amides is 2. The fraction of sp³-hybridized carbons (Fsp3) is 0.643. The first kappa shape index (κ1) is 16.8. The fourth-order valence-electron chi connectivity index (χ4n) is 2.36. The lowest BCUT2D eigenvalue weighted by Crippen LogP contribution is -2.52. The molecule has 0 radical (unpaired) electrons. The standard InChI is InChI=1S/C14H21BrN4O3/c1-4-22-14(21)18-7-5-17(6-8-18)13(20)11(3)19-9-12(15)10(2)16-19/h9,11H,4-8H2,1-3H3. The molecule has 8 heteroatoms. The highest BCUT2D eigenvalue weighted by Crippen LogP contribution is 2.18. The summed E-state index contributed by atoms with van der Waals surface area (Å²) < 4.78 is 7.53. The number of ether oxygens (including phenoxy) is 1. The number of carbonyl (C=O) groups excluding carboxylic acids is 2. The molecule has 7 nitrogen and oxygen atoms in total. The molecule has 2 amide bonds. The summed E-state index contributed by atoms with van der Waals surface area (Å²) in [4.78, 5) is 27.6. The van der Waals surface area contributed by atoms with Crippen LogP contribution < -0.4 is 0 Å². The van der Waals surface area contributed by atoms with Crippen LogP contribution >= 0.6 is 15.9 Å². The second-order valence-corrected chi connectivity index (χ2v) is 6.08. The van der Waals surface area contributed by atoms with Crippen molar-refractivity contribution in [3.8, 4) is 0 Å². The van der Waals surface area contributed by atoms with Crippen molar-refractivity contribution < 1.29 is 14.3 Å². The lowest BCUT2D eigenvalue weighted by atomic mass is 10.2. The van der Waals surface area contributed by atoms with E-state index in [1.807, 2.05) is 20.0 Å². The molecule has 22 heavy (non-hydrogen) atoms. The number of hydrogen-bond acceptors (Lipinski definition) is 4. The van der Waals surface area contributed by atoms with Crippen molar-refractivity contribution in [2.24, 2.45) is 0 Å². The maximum atomic E-state index is 12.5. The van der Waals surface area contributed by atoms with Gasteiger partial charge < -0.3 is 14.5 Å². The van der Waals surface area contributed by atoms with Crippen LogP contribution in [0, 0.1) is 6.92 Å². The van der Waals surface area contributed by atoms with E-state index < -0.39 is 0 Å². The number of hydrogen-bond donors (Lipinski definition) is 0. The van der Waals surface area contributed by atoms with Crippen LogP contribution in [0.3, 0.4) is 0 Å². The average Bonchev–Trinajstić information content (AvgIpc) is 2.85. The predicted molar refractivity (Wildman–Crippen MR) is 84.6 cm³/mol. The minimum atomic E-state index is -0.362. The molecule has 1 aromatic heterocycles. The topological polar surface area (TPSA) is 67.7 Å². The molecule has 1 saturated heterocycles. The first-order valence-electron chi connectivity index (χ1n) is 7.35. The van der Waals surface area contributed by atoms with Gasteiger partial charge in [0.15, 0.2) is 0 Å². The number of piperazine rings is 1. The number of aromatic nitrogens is 2. The second kappa shape index (κ2) is 7.13. The van der Waals surface area contributed by atoms with Crippen LogP contribution in [0.15, 0.2) is 10.7 Å². The van der Waals surface area contributed by atoms with E-state index in [0.717, 1.165) is 10.2 Å². The smallest absolute Gasteiger partial charge is 0.409 e. The van der Waals surface area contributed by atoms with Gasteiger partial charge in [-0.15, -0.1) is 0 Å². The summed E-state index contributed by atoms with van der Waals surface area (Å²) in [5, 5.41) is 4.33. The molecule has 1 aromatic rings. The monoisotopic (exact) mass is 372 g/mol. The van der Waals surface area contributed by atoms with Crippen LogP contribution in [0.25, 0.3) is 0 Å². The highest BCUT2D eigenvalue weighted by molar-refractivity contribution is 9.10. The summed E-state index contributed by atoms with van der Waals surface area (Å²) in [7, 11) is 0. The zero-order chi connectivity index (χ0) is 16.3. The van der Waals surface area contributed by atoms with Gasteiger partial charge in [-0.3, -0.25) is 9.48 Å². The molecule has 1 aliphatic rings. The Labute approximate surface area is 138 Å². The van der Waals surface area contributed by atoms with Crippen LogP contribution in [0.5, 0.6) is 0 Å². The summed E-state index contributed by atoms with van der Waals surface area (Å²) in [6.45, 7) is 7.89. The summed E-state index contributed by atoms with van der Waals surface area (Å²) >= 11 is 3.40. The Bertz CT molecular complexity index is 533. The summed E-state index contributed by atoms with van der Waals surface area (Å²) in [6, 6.07) is -0.362. The Morgan fingerprint density at radius 2 is 1.91 bits per heavy atom. The minimum absolute atomic E-state index is 0.0125. The Hall–Kier alpha value is -1.57. The van der Waals surface area contributed by atoms with Crippen molar-refractivity contribution >= 4 is 27.9 Å². The van der Waals surface area contributed by atoms with E-state index >= 15 is 0 Å². The third-order valence-corrected chi connectivity index (χ3v) is 4.51. The van der Waals surface area contributed by atoms with Crippen LogP contribution in [0.1, 0.15) is 25.6 Å². The van der Waals surface area contributed by atoms with Gasteiger partial charge in [-0.05, 0) is 36.7 Å². The highest BCUT2D eigenvalue weighted by atomic mass is 79.9. The van der Waals surface area contributed by atoms with Crippen molar-refractivity contribution in [2.75, 3.05) is 32.8 Å². The maximum absolute atomic E-state index is 12.5. The van der Waals surface area contributed by atoms with Gasteiger partial charge in [0.2, 0.25) is 5.91 Å². The first-order valence-corrected chi connectivity index (χ1v) is 8.15. The third-order valence-electron chi connectivity index (χ3n) is 3.73. The number of aryl methyl sites for hydroxylation is 1. The molecule has 2 rings (SSSR count). The largest absolute Gasteiger partial charge is 0.450 e. The van der Waals surface area contributed by atoms with Gasteiger partial charge in [-0.25, -0.2) is 4.79 Å². The molecule has 1 unspecified atom stereocenters. The van der Waals surface area contributed by atoms with Crippen molar-refractivity contribution in [1.29, 1.82) is 0 Å². The van der Waals surface area contributed by atoms with Gasteiger partial charge in [-0.2, -0.15) is 5.10 Å². The molecule has 0 bridgehead atoms. The molecular weight excluding hydrogens is 352 g/mol. The van der Waals surface area contributed by atoms with Crippen LogP contribution in [0.2, 0.25) is 0 Å². The lowest BCUT2D eigenvalue weighted by molar-refractivity contribution is -0.136. The summed E-state index contributed by atoms with van der Waals surface area (Å²) in [5.41, 5.74) is 0.854. The van der Waals surface area contributed by atoms with Crippen LogP contribution in [-0.2, 0) is 9.53 Å². The van der Waals surface area contributed by atoms with Gasteiger partial charge in [0.05, 0.1) is 16.8 Å². The molecule has 1 atom stereocenters. The molecular formula is C14H21BrN4O3. The zero-order valence-electron chi connectivity index (χ0n) is 13.1. The highest BCUT2D eigenvalue weighted by Gasteiger charge is 2.28. The lowest BCUT2D eigenvalue weighted by Gasteiger charge is -2.35. The van der Waals surface area contributed by atoms with E-state index in [2.05, 4.69) is 21.0 Å². The SMILES string of the molecule is CCOC(=O)N1CCN(C(=O)C(C)n2cc(Br)c(C)n2)CC1. The van der Waals surface area contributed by atoms with Gasteiger partial charge >= 0.3 is 6.09 Å². The Kier molecular flexibility index (Phi) is 5.44. The van der Waals surface area contributed by atoms with E-state index in [1.54, 1.807) is 21.4 Å². The Balaban J connectivity index is 1.93. The second-order valence-electron chi connectivity index (χ2n) is 5.23. The molecule has 122 valence electrons. The van der Waals surface area contributed by atoms with E-state index in [-0.39, 0.29) is 18.0 Å². The number of carbonyl (C=O) groups is 2. The number of rotatable bonds is 3. The first-order chi connectivity index (χ1) is 10.4. The molecule has 0 spiro atoms. The molecule has 0 aliphatic carbocycles. The molecule has 0 aromatic carbocycles. The van der Waals surface area contributed by atoms with Crippen molar-refractivity contribution in [3.05, 3.63) is 16.4 Å². The average molecular weight is 373 g/mol. The van der Waals surface area contributed by atoms with E-state index in [0.29, 0.717) is 32.8 Å². The van der Waals surface area contributed by atoms with Gasteiger partial charge in [-0.1, -0.05) is 0 Å². The van der Waals surface area contributed by atoms with Crippen molar-refractivity contribution in [2.45, 2.75) is 26.8 Å². The molecule has 2 heterocycles. The van der Waals surface area contributed by atoms with Crippen molar-refractivity contribution in [1.82, 2.24) is 19.6 Å². The summed E-state index contributed by atoms with van der Waals surface area (Å²) in [5.74, 6) is 0.0125. The normalized spacial score (nSPS) is 16.5. The maximum Gasteiger partial charge on any atom is 0.409 e. The number of halogens is 1. The van der Waals surface area contributed by atoms with Gasteiger partial charge in [0, 0.05) is 32.4 Å². The molecule has 0 saturated carbocycles. The molecule has 0 N–H and O–H groups in total. The zero-order valence-corrected chi connectivity index (χ0v) is 14.7. The predicted octanol–water partition coefficient (Wildman–Crippen LogP) is 1.82. The third kappa shape index (κ3) is 3.60. The summed E-state index contributed by atoms with van der Waals surface area (Å²) in [6.07, 6.45) is 1.50. The van der Waals surface area contributed by atoms with E-state index in [1.165, 1.54) is 0 Å². The van der Waals surface area contributed by atoms with Gasteiger partial charge in [0.1, 0.15) is 6.04 Å². The Morgan fingerprint density at radius 3 is 2.41 bits per heavy atom. The fourth-order valence-corrected chi connectivity index (χ4v) is 2.65. The van der Waals surface area contributed by atoms with Crippen LogP contribution in [0.4, 0.5) is 4.79 Å². The molecule has 1 fully saturated rings. The minimum Gasteiger partial charge on any atom is -0.450 e. The van der Waals surface area contributed by atoms with E-state index in [9.17, 15) is 9.59 Å². The number of nitrogens with zero attached hydrogens (tertiary/aromatic N) is 4. The van der Waals surface area contributed by atoms with E-state index in [4.69, 9.17) is 4.74 Å². The van der Waals surface area contributed by atoms with Crippen LogP contribution in [-0.4, -0.2) is 64.4 Å². The quantitative estimate of drug-likeness (QED) is 0.811.